The molecule has 1 rings (SSSR count). The van der Waals surface area contributed by atoms with Crippen molar-refractivity contribution < 1.29 is 23.0 Å². The molecule has 0 aliphatic carbocycles. The van der Waals surface area contributed by atoms with Crippen LogP contribution in [0.2, 0.25) is 0 Å². The summed E-state index contributed by atoms with van der Waals surface area (Å²) < 4.78 is 42.7. The first-order chi connectivity index (χ1) is 8.58. The van der Waals surface area contributed by atoms with E-state index in [1.54, 1.807) is 0 Å². The van der Waals surface area contributed by atoms with Crippen LogP contribution in [-0.2, 0) is 6.18 Å². The number of hydrogen-bond donors (Lipinski definition) is 1. The zero-order valence-electron chi connectivity index (χ0n) is 11.3. The van der Waals surface area contributed by atoms with Crippen LogP contribution in [0.15, 0.2) is 24.3 Å². The third kappa shape index (κ3) is 5.96. The lowest BCUT2D eigenvalue weighted by Gasteiger charge is -2.22. The number of ether oxygens (including phenoxy) is 1. The molecule has 5 heteroatoms. The molecule has 0 fully saturated rings. The smallest absolute Gasteiger partial charge is 0.416 e. The van der Waals surface area contributed by atoms with Crippen molar-refractivity contribution in [1.82, 2.24) is 0 Å². The summed E-state index contributed by atoms with van der Waals surface area (Å²) in [6.07, 6.45) is -4.57. The van der Waals surface area contributed by atoms with Gasteiger partial charge in [0.1, 0.15) is 12.4 Å². The van der Waals surface area contributed by atoms with E-state index in [1.807, 2.05) is 20.8 Å². The molecule has 0 aliphatic heterocycles. The molecule has 0 spiro atoms. The quantitative estimate of drug-likeness (QED) is 0.904. The van der Waals surface area contributed by atoms with Crippen molar-refractivity contribution in [3.8, 4) is 5.75 Å². The molecule has 0 radical (unpaired) electrons. The Morgan fingerprint density at radius 1 is 1.21 bits per heavy atom. The molecule has 1 atom stereocenters. The van der Waals surface area contributed by atoms with Crippen LogP contribution in [0.5, 0.6) is 5.75 Å². The van der Waals surface area contributed by atoms with E-state index in [1.165, 1.54) is 12.1 Å². The maximum Gasteiger partial charge on any atom is 0.416 e. The topological polar surface area (TPSA) is 29.5 Å². The summed E-state index contributed by atoms with van der Waals surface area (Å²) in [5.74, 6) is 0.114. The van der Waals surface area contributed by atoms with E-state index in [0.29, 0.717) is 6.42 Å². The van der Waals surface area contributed by atoms with Crippen LogP contribution in [-0.4, -0.2) is 17.8 Å². The number of aliphatic hydroxyl groups excluding tert-OH is 1. The fourth-order valence-electron chi connectivity index (χ4n) is 1.72. The Bertz CT molecular complexity index is 408. The van der Waals surface area contributed by atoms with E-state index in [9.17, 15) is 18.3 Å². The van der Waals surface area contributed by atoms with Gasteiger partial charge in [0, 0.05) is 0 Å². The fourth-order valence-corrected chi connectivity index (χ4v) is 1.72. The average Bonchev–Trinajstić information content (AvgIpc) is 2.23. The standard InChI is InChI=1S/C14H19F3O2/c1-13(2,3)8-11(18)9-19-12-6-4-5-10(7-12)14(15,16)17/h4-7,11,18H,8-9H2,1-3H3. The van der Waals surface area contributed by atoms with Gasteiger partial charge in [-0.2, -0.15) is 13.2 Å². The molecular formula is C14H19F3O2. The molecule has 0 aliphatic rings. The van der Waals surface area contributed by atoms with Crippen LogP contribution < -0.4 is 4.74 Å². The number of rotatable bonds is 4. The second-order valence-electron chi connectivity index (χ2n) is 5.76. The largest absolute Gasteiger partial charge is 0.491 e. The van der Waals surface area contributed by atoms with Gasteiger partial charge < -0.3 is 9.84 Å². The maximum absolute atomic E-state index is 12.5. The predicted octanol–water partition coefficient (Wildman–Crippen LogP) is 3.88. The molecule has 1 aromatic rings. The van der Waals surface area contributed by atoms with E-state index in [2.05, 4.69) is 0 Å². The van der Waals surface area contributed by atoms with Crippen LogP contribution in [0, 0.1) is 5.41 Å². The van der Waals surface area contributed by atoms with Gasteiger partial charge in [0.15, 0.2) is 0 Å². The van der Waals surface area contributed by atoms with Crippen LogP contribution >= 0.6 is 0 Å². The third-order valence-corrected chi connectivity index (χ3v) is 2.45. The van der Waals surface area contributed by atoms with Crippen LogP contribution in [0.4, 0.5) is 13.2 Å². The van der Waals surface area contributed by atoms with Crippen molar-refractivity contribution in [2.24, 2.45) is 5.41 Å². The van der Waals surface area contributed by atoms with Gasteiger partial charge in [0.25, 0.3) is 0 Å². The molecular weight excluding hydrogens is 257 g/mol. The zero-order valence-corrected chi connectivity index (χ0v) is 11.3. The van der Waals surface area contributed by atoms with Crippen LogP contribution in [0.1, 0.15) is 32.8 Å². The highest BCUT2D eigenvalue weighted by molar-refractivity contribution is 5.30. The molecule has 108 valence electrons. The van der Waals surface area contributed by atoms with Gasteiger partial charge in [-0.1, -0.05) is 26.8 Å². The first kappa shape index (κ1) is 15.8. The van der Waals surface area contributed by atoms with Gasteiger partial charge in [0.05, 0.1) is 11.7 Å². The third-order valence-electron chi connectivity index (χ3n) is 2.45. The highest BCUT2D eigenvalue weighted by Crippen LogP contribution is 2.31. The van der Waals surface area contributed by atoms with E-state index >= 15 is 0 Å². The van der Waals surface area contributed by atoms with Gasteiger partial charge in [-0.3, -0.25) is 0 Å². The van der Waals surface area contributed by atoms with Gasteiger partial charge in [-0.05, 0) is 30.0 Å². The van der Waals surface area contributed by atoms with Crippen molar-refractivity contribution in [1.29, 1.82) is 0 Å². The van der Waals surface area contributed by atoms with Crippen molar-refractivity contribution in [3.05, 3.63) is 29.8 Å². The van der Waals surface area contributed by atoms with E-state index < -0.39 is 17.8 Å². The lowest BCUT2D eigenvalue weighted by Crippen LogP contribution is -2.24. The van der Waals surface area contributed by atoms with Crippen molar-refractivity contribution in [3.63, 3.8) is 0 Å². The number of aliphatic hydroxyl groups is 1. The summed E-state index contributed by atoms with van der Waals surface area (Å²) in [5.41, 5.74) is -0.813. The zero-order chi connectivity index (χ0) is 14.7. The number of alkyl halides is 3. The Balaban J connectivity index is 2.59. The van der Waals surface area contributed by atoms with Gasteiger partial charge >= 0.3 is 6.18 Å². The molecule has 19 heavy (non-hydrogen) atoms. The van der Waals surface area contributed by atoms with E-state index in [-0.39, 0.29) is 17.8 Å². The minimum Gasteiger partial charge on any atom is -0.491 e. The minimum atomic E-state index is -4.39. The van der Waals surface area contributed by atoms with Crippen LogP contribution in [0.25, 0.3) is 0 Å². The minimum absolute atomic E-state index is 0.0153. The molecule has 0 saturated heterocycles. The summed E-state index contributed by atoms with van der Waals surface area (Å²) in [4.78, 5) is 0. The van der Waals surface area contributed by atoms with Gasteiger partial charge in [-0.25, -0.2) is 0 Å². The normalized spacial score (nSPS) is 14.3. The molecule has 0 bridgehead atoms. The summed E-state index contributed by atoms with van der Waals surface area (Å²) >= 11 is 0. The Kier molecular flexibility index (Phi) is 4.85. The Morgan fingerprint density at radius 3 is 2.37 bits per heavy atom. The average molecular weight is 276 g/mol. The van der Waals surface area contributed by atoms with Crippen molar-refractivity contribution in [2.75, 3.05) is 6.61 Å². The molecule has 1 aromatic carbocycles. The van der Waals surface area contributed by atoms with E-state index in [0.717, 1.165) is 12.1 Å². The summed E-state index contributed by atoms with van der Waals surface area (Å²) in [5, 5.41) is 9.73. The van der Waals surface area contributed by atoms with Crippen molar-refractivity contribution in [2.45, 2.75) is 39.5 Å². The molecule has 0 heterocycles. The second-order valence-corrected chi connectivity index (χ2v) is 5.76. The predicted molar refractivity (Wildman–Crippen MR) is 67.0 cm³/mol. The van der Waals surface area contributed by atoms with Crippen molar-refractivity contribution >= 4 is 0 Å². The highest BCUT2D eigenvalue weighted by Gasteiger charge is 2.30. The maximum atomic E-state index is 12.5. The lowest BCUT2D eigenvalue weighted by molar-refractivity contribution is -0.137. The van der Waals surface area contributed by atoms with Gasteiger partial charge in [-0.15, -0.1) is 0 Å². The monoisotopic (exact) mass is 276 g/mol. The molecule has 1 unspecified atom stereocenters. The summed E-state index contributed by atoms with van der Waals surface area (Å²) in [7, 11) is 0. The SMILES string of the molecule is CC(C)(C)CC(O)COc1cccc(C(F)(F)F)c1. The molecule has 2 nitrogen and oxygen atoms in total. The van der Waals surface area contributed by atoms with Crippen LogP contribution in [0.3, 0.4) is 0 Å². The molecule has 0 amide bonds. The van der Waals surface area contributed by atoms with E-state index in [4.69, 9.17) is 4.74 Å². The molecule has 1 N–H and O–H groups in total. The number of hydrogen-bond acceptors (Lipinski definition) is 2. The Morgan fingerprint density at radius 2 is 1.84 bits per heavy atom. The molecule has 0 saturated carbocycles. The number of halogens is 3. The Hall–Kier alpha value is -1.23. The summed E-state index contributed by atoms with van der Waals surface area (Å²) in [6, 6.07) is 4.65. The first-order valence-corrected chi connectivity index (χ1v) is 6.06. The number of benzene rings is 1. The van der Waals surface area contributed by atoms with Gasteiger partial charge in [0.2, 0.25) is 0 Å². The molecule has 0 aromatic heterocycles. The highest BCUT2D eigenvalue weighted by atomic mass is 19.4. The lowest BCUT2D eigenvalue weighted by atomic mass is 9.89. The second kappa shape index (κ2) is 5.82. The fraction of sp³-hybridized carbons (Fsp3) is 0.571. The summed E-state index contributed by atoms with van der Waals surface area (Å²) in [6.45, 7) is 5.90. The first-order valence-electron chi connectivity index (χ1n) is 6.06. The Labute approximate surface area is 111 Å².